The van der Waals surface area contributed by atoms with E-state index in [0.29, 0.717) is 0 Å². The summed E-state index contributed by atoms with van der Waals surface area (Å²) in [7, 11) is -4.11. The van der Waals surface area contributed by atoms with Crippen LogP contribution in [0.2, 0.25) is 0 Å². The number of hydrogen-bond donors (Lipinski definition) is 2. The minimum absolute atomic E-state index is 0.0202. The molecule has 0 aliphatic rings. The molecule has 0 aliphatic heterocycles. The summed E-state index contributed by atoms with van der Waals surface area (Å²) in [6, 6.07) is 0. The van der Waals surface area contributed by atoms with E-state index in [1.165, 1.54) is 6.92 Å². The molecule has 7 nitrogen and oxygen atoms in total. The van der Waals surface area contributed by atoms with Crippen molar-refractivity contribution in [2.45, 2.75) is 26.4 Å². The quantitative estimate of drug-likeness (QED) is 0.480. The summed E-state index contributed by atoms with van der Waals surface area (Å²) < 4.78 is 24.7. The normalized spacial score (nSPS) is 16.5. The Morgan fingerprint density at radius 2 is 2.00 bits per heavy atom. The summed E-state index contributed by atoms with van der Waals surface area (Å²) >= 11 is 0. The van der Waals surface area contributed by atoms with Crippen LogP contribution < -0.4 is 0 Å². The third-order valence-corrected chi connectivity index (χ3v) is 2.57. The van der Waals surface area contributed by atoms with Crippen molar-refractivity contribution in [3.05, 3.63) is 0 Å². The molecule has 0 aromatic rings. The molecule has 8 heteroatoms. The van der Waals surface area contributed by atoms with Gasteiger partial charge in [0.05, 0.1) is 19.8 Å². The van der Waals surface area contributed by atoms with Crippen LogP contribution in [0.15, 0.2) is 0 Å². The van der Waals surface area contributed by atoms with Crippen molar-refractivity contribution in [3.8, 4) is 0 Å². The van der Waals surface area contributed by atoms with E-state index in [2.05, 4.69) is 9.05 Å². The number of hydrogen-bond acceptors (Lipinski definition) is 6. The fraction of sp³-hybridized carbons (Fsp3) is 0.875. The van der Waals surface area contributed by atoms with Gasteiger partial charge in [0.15, 0.2) is 0 Å². The molecule has 0 rings (SSSR count). The van der Waals surface area contributed by atoms with Gasteiger partial charge in [-0.3, -0.25) is 13.8 Å². The minimum Gasteiger partial charge on any atom is -0.457 e. The second kappa shape index (κ2) is 7.76. The second-order valence-electron chi connectivity index (χ2n) is 2.83. The molecule has 0 bridgehead atoms. The van der Waals surface area contributed by atoms with Crippen LogP contribution in [-0.4, -0.2) is 41.9 Å². The molecule has 2 unspecified atom stereocenters. The van der Waals surface area contributed by atoms with Crippen LogP contribution in [0.1, 0.15) is 20.3 Å². The molecule has 0 spiro atoms. The Bertz CT molecular complexity index is 255. The number of ether oxygens (including phenoxy) is 1. The van der Waals surface area contributed by atoms with Crippen molar-refractivity contribution in [2.75, 3.05) is 19.8 Å². The first-order valence-electron chi connectivity index (χ1n) is 4.87. The van der Waals surface area contributed by atoms with Gasteiger partial charge in [-0.1, -0.05) is 6.92 Å². The van der Waals surface area contributed by atoms with Crippen molar-refractivity contribution in [2.24, 2.45) is 0 Å². The van der Waals surface area contributed by atoms with Gasteiger partial charge in [0.1, 0.15) is 6.10 Å². The van der Waals surface area contributed by atoms with Gasteiger partial charge in [-0.15, -0.1) is 0 Å². The van der Waals surface area contributed by atoms with Gasteiger partial charge in [-0.05, 0) is 6.92 Å². The predicted molar refractivity (Wildman–Crippen MR) is 54.7 cm³/mol. The number of aliphatic hydroxyl groups is 1. The average Bonchev–Trinajstić information content (AvgIpc) is 2.23. The third kappa shape index (κ3) is 6.92. The molecule has 0 heterocycles. The highest BCUT2D eigenvalue weighted by Crippen LogP contribution is 2.42. The van der Waals surface area contributed by atoms with E-state index in [-0.39, 0.29) is 13.0 Å². The van der Waals surface area contributed by atoms with Crippen molar-refractivity contribution in [1.82, 2.24) is 0 Å². The fourth-order valence-corrected chi connectivity index (χ4v) is 1.53. The maximum atomic E-state index is 11.1. The highest BCUT2D eigenvalue weighted by molar-refractivity contribution is 7.47. The third-order valence-electron chi connectivity index (χ3n) is 1.51. The average molecular weight is 256 g/mol. The minimum atomic E-state index is -4.11. The Hall–Kier alpha value is -0.460. The number of phosphoric ester groups is 1. The first-order chi connectivity index (χ1) is 7.45. The smallest absolute Gasteiger partial charge is 0.457 e. The van der Waals surface area contributed by atoms with Crippen molar-refractivity contribution in [1.29, 1.82) is 0 Å². The number of esters is 1. The molecule has 96 valence electrons. The molecule has 16 heavy (non-hydrogen) atoms. The van der Waals surface area contributed by atoms with Gasteiger partial charge in [0.25, 0.3) is 0 Å². The topological polar surface area (TPSA) is 102 Å². The highest BCUT2D eigenvalue weighted by atomic mass is 31.2. The summed E-state index contributed by atoms with van der Waals surface area (Å²) in [5.74, 6) is -0.521. The van der Waals surface area contributed by atoms with E-state index in [1.54, 1.807) is 6.92 Å². The molecule has 0 aromatic carbocycles. The van der Waals surface area contributed by atoms with Gasteiger partial charge >= 0.3 is 13.8 Å². The van der Waals surface area contributed by atoms with Crippen LogP contribution in [0, 0.1) is 0 Å². The summed E-state index contributed by atoms with van der Waals surface area (Å²) in [5, 5.41) is 8.83. The number of phosphoric acid groups is 1. The largest absolute Gasteiger partial charge is 0.472 e. The van der Waals surface area contributed by atoms with Crippen LogP contribution >= 0.6 is 7.82 Å². The Morgan fingerprint density at radius 3 is 2.44 bits per heavy atom. The molecule has 2 N–H and O–H groups in total. The van der Waals surface area contributed by atoms with E-state index < -0.39 is 33.1 Å². The molecule has 2 atom stereocenters. The lowest BCUT2D eigenvalue weighted by molar-refractivity contribution is -0.152. The zero-order chi connectivity index (χ0) is 12.6. The Morgan fingerprint density at radius 1 is 1.38 bits per heavy atom. The van der Waals surface area contributed by atoms with E-state index in [1.807, 2.05) is 0 Å². The first-order valence-corrected chi connectivity index (χ1v) is 6.36. The lowest BCUT2D eigenvalue weighted by atomic mass is 10.4. The van der Waals surface area contributed by atoms with Gasteiger partial charge in [-0.2, -0.15) is 0 Å². The van der Waals surface area contributed by atoms with Gasteiger partial charge in [0.2, 0.25) is 0 Å². The molecule has 0 aliphatic carbocycles. The lowest BCUT2D eigenvalue weighted by Crippen LogP contribution is -2.26. The Labute approximate surface area is 93.9 Å². The number of aliphatic hydroxyl groups excluding tert-OH is 1. The molecule has 0 saturated carbocycles. The SMILES string of the molecule is CCOP(=O)(O)OCC(CO)OC(=O)CC. The van der Waals surface area contributed by atoms with E-state index in [9.17, 15) is 9.36 Å². The highest BCUT2D eigenvalue weighted by Gasteiger charge is 2.23. The molecule has 0 amide bonds. The summed E-state index contributed by atoms with van der Waals surface area (Å²) in [6.07, 6.45) is -0.813. The van der Waals surface area contributed by atoms with E-state index in [0.717, 1.165) is 0 Å². The zero-order valence-electron chi connectivity index (χ0n) is 9.29. The molecular weight excluding hydrogens is 239 g/mol. The van der Waals surface area contributed by atoms with Gasteiger partial charge < -0.3 is 14.7 Å². The van der Waals surface area contributed by atoms with Gasteiger partial charge in [-0.25, -0.2) is 4.57 Å². The van der Waals surface area contributed by atoms with Crippen LogP contribution in [0.25, 0.3) is 0 Å². The van der Waals surface area contributed by atoms with Crippen molar-refractivity contribution in [3.63, 3.8) is 0 Å². The van der Waals surface area contributed by atoms with E-state index >= 15 is 0 Å². The number of rotatable bonds is 8. The van der Waals surface area contributed by atoms with Crippen LogP contribution in [0.4, 0.5) is 0 Å². The first kappa shape index (κ1) is 15.5. The fourth-order valence-electron chi connectivity index (χ4n) is 0.771. The number of carbonyl (C=O) groups excluding carboxylic acids is 1. The predicted octanol–water partition coefficient (Wildman–Crippen LogP) is 0.454. The van der Waals surface area contributed by atoms with Crippen molar-refractivity contribution < 1.29 is 33.1 Å². The van der Waals surface area contributed by atoms with Crippen LogP contribution in [-0.2, 0) is 23.1 Å². The standard InChI is InChI=1S/C8H17O7P/c1-3-8(10)15-7(5-9)6-14-16(11,12)13-4-2/h7,9H,3-6H2,1-2H3,(H,11,12). The molecular formula is C8H17O7P. The molecule has 0 fully saturated rings. The monoisotopic (exact) mass is 256 g/mol. The van der Waals surface area contributed by atoms with Crippen molar-refractivity contribution >= 4 is 13.8 Å². The maximum absolute atomic E-state index is 11.1. The van der Waals surface area contributed by atoms with E-state index in [4.69, 9.17) is 14.7 Å². The summed E-state index contributed by atoms with van der Waals surface area (Å²) in [4.78, 5) is 19.9. The maximum Gasteiger partial charge on any atom is 0.472 e. The lowest BCUT2D eigenvalue weighted by Gasteiger charge is -2.17. The summed E-state index contributed by atoms with van der Waals surface area (Å²) in [6.45, 7) is 2.27. The molecule has 0 aromatic heterocycles. The Balaban J connectivity index is 4.04. The van der Waals surface area contributed by atoms with Crippen LogP contribution in [0.3, 0.4) is 0 Å². The van der Waals surface area contributed by atoms with Gasteiger partial charge in [0, 0.05) is 6.42 Å². The zero-order valence-corrected chi connectivity index (χ0v) is 10.2. The summed E-state index contributed by atoms with van der Waals surface area (Å²) in [5.41, 5.74) is 0. The Kier molecular flexibility index (Phi) is 7.53. The second-order valence-corrected chi connectivity index (χ2v) is 4.28. The number of carbonyl (C=O) groups is 1. The van der Waals surface area contributed by atoms with Crippen LogP contribution in [0.5, 0.6) is 0 Å². The molecule has 0 saturated heterocycles. The molecule has 0 radical (unpaired) electrons.